The van der Waals surface area contributed by atoms with Crippen LogP contribution in [0.5, 0.6) is 11.5 Å². The maximum atomic E-state index is 13.6. The number of halogens is 1. The summed E-state index contributed by atoms with van der Waals surface area (Å²) < 4.78 is 14.5. The van der Waals surface area contributed by atoms with Gasteiger partial charge < -0.3 is 14.0 Å². The number of aryl methyl sites for hydroxylation is 2. The van der Waals surface area contributed by atoms with Crippen LogP contribution >= 0.6 is 11.6 Å². The molecule has 172 valence electrons. The van der Waals surface area contributed by atoms with Crippen molar-refractivity contribution in [2.45, 2.75) is 19.5 Å². The molecule has 6 nitrogen and oxygen atoms in total. The van der Waals surface area contributed by atoms with Gasteiger partial charge >= 0.3 is 0 Å². The van der Waals surface area contributed by atoms with Crippen LogP contribution in [0.15, 0.2) is 77.9 Å². The van der Waals surface area contributed by atoms with Crippen molar-refractivity contribution < 1.29 is 9.47 Å². The summed E-state index contributed by atoms with van der Waals surface area (Å²) in [5.41, 5.74) is 4.35. The van der Waals surface area contributed by atoms with Crippen LogP contribution in [0.4, 0.5) is 0 Å². The number of ether oxygens (including phenoxy) is 2. The summed E-state index contributed by atoms with van der Waals surface area (Å²) in [7, 11) is 3.23. The van der Waals surface area contributed by atoms with E-state index in [2.05, 4.69) is 4.57 Å². The van der Waals surface area contributed by atoms with Crippen molar-refractivity contribution in [3.05, 3.63) is 99.6 Å². The Bertz CT molecular complexity index is 1540. The SMILES string of the molecule is COc1ccc(CCn2cnc3c4ccccc4n(Cc4ccc(Cl)cc4)c3c2=O)cc1OC. The van der Waals surface area contributed by atoms with Gasteiger partial charge in [0.1, 0.15) is 11.0 Å². The zero-order valence-corrected chi connectivity index (χ0v) is 19.7. The van der Waals surface area contributed by atoms with Crippen LogP contribution in [0.25, 0.3) is 21.9 Å². The Labute approximate surface area is 201 Å². The summed E-state index contributed by atoms with van der Waals surface area (Å²) in [6.07, 6.45) is 2.30. The lowest BCUT2D eigenvalue weighted by molar-refractivity contribution is 0.354. The van der Waals surface area contributed by atoms with Gasteiger partial charge in [0.2, 0.25) is 0 Å². The molecule has 0 aliphatic carbocycles. The molecule has 2 heterocycles. The predicted molar refractivity (Wildman–Crippen MR) is 135 cm³/mol. The molecule has 0 saturated heterocycles. The van der Waals surface area contributed by atoms with E-state index in [4.69, 9.17) is 26.1 Å². The van der Waals surface area contributed by atoms with Crippen LogP contribution in [-0.4, -0.2) is 28.3 Å². The van der Waals surface area contributed by atoms with E-state index in [0.29, 0.717) is 41.5 Å². The van der Waals surface area contributed by atoms with E-state index < -0.39 is 0 Å². The number of methoxy groups -OCH3 is 2. The maximum Gasteiger partial charge on any atom is 0.277 e. The van der Waals surface area contributed by atoms with Crippen molar-refractivity contribution in [2.24, 2.45) is 0 Å². The van der Waals surface area contributed by atoms with Crippen molar-refractivity contribution in [1.82, 2.24) is 14.1 Å². The molecule has 0 atom stereocenters. The Hall–Kier alpha value is -3.77. The fraction of sp³-hybridized carbons (Fsp3) is 0.185. The number of nitrogens with zero attached hydrogens (tertiary/aromatic N) is 3. The molecule has 2 aromatic heterocycles. The number of hydrogen-bond acceptors (Lipinski definition) is 4. The third-order valence-electron chi connectivity index (χ3n) is 6.08. The molecular weight excluding hydrogens is 450 g/mol. The van der Waals surface area contributed by atoms with Gasteiger partial charge in [0, 0.05) is 23.5 Å². The standard InChI is InChI=1S/C27H24ClN3O3/c1-33-23-12-9-18(15-24(23)34-2)13-14-30-17-29-25-21-5-3-4-6-22(21)31(26(25)27(30)32)16-19-7-10-20(28)11-8-19/h3-12,15,17H,13-14,16H2,1-2H3. The van der Waals surface area contributed by atoms with Crippen LogP contribution in [0.3, 0.4) is 0 Å². The molecule has 7 heteroatoms. The van der Waals surface area contributed by atoms with Gasteiger partial charge in [-0.25, -0.2) is 4.98 Å². The lowest BCUT2D eigenvalue weighted by Crippen LogP contribution is -2.23. The van der Waals surface area contributed by atoms with Crippen LogP contribution < -0.4 is 15.0 Å². The highest BCUT2D eigenvalue weighted by atomic mass is 35.5. The van der Waals surface area contributed by atoms with E-state index in [9.17, 15) is 4.79 Å². The monoisotopic (exact) mass is 473 g/mol. The van der Waals surface area contributed by atoms with Gasteiger partial charge in [-0.3, -0.25) is 9.36 Å². The molecule has 0 spiro atoms. The zero-order chi connectivity index (χ0) is 23.7. The van der Waals surface area contributed by atoms with Crippen molar-refractivity contribution in [3.63, 3.8) is 0 Å². The van der Waals surface area contributed by atoms with Gasteiger partial charge in [-0.15, -0.1) is 0 Å². The van der Waals surface area contributed by atoms with Crippen LogP contribution in [0.2, 0.25) is 5.02 Å². The van der Waals surface area contributed by atoms with E-state index in [0.717, 1.165) is 27.5 Å². The van der Waals surface area contributed by atoms with Crippen molar-refractivity contribution >= 4 is 33.5 Å². The Kier molecular flexibility index (Phi) is 5.99. The first kappa shape index (κ1) is 22.0. The lowest BCUT2D eigenvalue weighted by atomic mass is 10.1. The number of rotatable bonds is 7. The topological polar surface area (TPSA) is 58.3 Å². The summed E-state index contributed by atoms with van der Waals surface area (Å²) in [6, 6.07) is 21.5. The van der Waals surface area contributed by atoms with Crippen LogP contribution in [0.1, 0.15) is 11.1 Å². The number of fused-ring (bicyclic) bond motifs is 3. The molecule has 5 aromatic rings. The highest BCUT2D eigenvalue weighted by Gasteiger charge is 2.17. The van der Waals surface area contributed by atoms with Gasteiger partial charge in [0.15, 0.2) is 11.5 Å². The van der Waals surface area contributed by atoms with Crippen LogP contribution in [0, 0.1) is 0 Å². The smallest absolute Gasteiger partial charge is 0.277 e. The first-order valence-electron chi connectivity index (χ1n) is 11.0. The summed E-state index contributed by atoms with van der Waals surface area (Å²) >= 11 is 6.07. The average molecular weight is 474 g/mol. The first-order valence-corrected chi connectivity index (χ1v) is 11.4. The van der Waals surface area contributed by atoms with Gasteiger partial charge in [-0.1, -0.05) is 48.0 Å². The molecule has 0 amide bonds. The molecule has 5 rings (SSSR count). The quantitative estimate of drug-likeness (QED) is 0.321. The second-order valence-corrected chi connectivity index (χ2v) is 8.55. The van der Waals surface area contributed by atoms with Crippen molar-refractivity contribution in [2.75, 3.05) is 14.2 Å². The Morgan fingerprint density at radius 2 is 1.65 bits per heavy atom. The van der Waals surface area contributed by atoms with E-state index in [1.165, 1.54) is 0 Å². The predicted octanol–water partition coefficient (Wildman–Crippen LogP) is 5.31. The lowest BCUT2D eigenvalue weighted by Gasteiger charge is -2.11. The molecule has 0 radical (unpaired) electrons. The summed E-state index contributed by atoms with van der Waals surface area (Å²) in [4.78, 5) is 18.3. The first-order chi connectivity index (χ1) is 16.6. The fourth-order valence-electron chi connectivity index (χ4n) is 4.33. The van der Waals surface area contributed by atoms with Gasteiger partial charge in [-0.05, 0) is 47.9 Å². The van der Waals surface area contributed by atoms with Gasteiger partial charge in [0.05, 0.1) is 26.1 Å². The van der Waals surface area contributed by atoms with E-state index in [-0.39, 0.29) is 5.56 Å². The Morgan fingerprint density at radius 1 is 0.912 bits per heavy atom. The minimum Gasteiger partial charge on any atom is -0.493 e. The molecule has 0 saturated carbocycles. The molecular formula is C27H24ClN3O3. The number of hydrogen-bond donors (Lipinski definition) is 0. The molecule has 0 fully saturated rings. The average Bonchev–Trinajstić information content (AvgIpc) is 3.19. The minimum absolute atomic E-state index is 0.0596. The molecule has 0 aliphatic rings. The van der Waals surface area contributed by atoms with E-state index in [1.54, 1.807) is 25.1 Å². The third kappa shape index (κ3) is 4.01. The van der Waals surface area contributed by atoms with Crippen LogP contribution in [-0.2, 0) is 19.5 Å². The maximum absolute atomic E-state index is 13.6. The number of para-hydroxylation sites is 1. The molecule has 0 aliphatic heterocycles. The third-order valence-corrected chi connectivity index (χ3v) is 6.33. The number of aromatic nitrogens is 3. The molecule has 34 heavy (non-hydrogen) atoms. The Morgan fingerprint density at radius 3 is 2.41 bits per heavy atom. The van der Waals surface area contributed by atoms with E-state index in [1.807, 2.05) is 66.7 Å². The van der Waals surface area contributed by atoms with Gasteiger partial charge in [0.25, 0.3) is 5.56 Å². The van der Waals surface area contributed by atoms with Crippen molar-refractivity contribution in [3.8, 4) is 11.5 Å². The molecule has 0 N–H and O–H groups in total. The second kappa shape index (κ2) is 9.23. The highest BCUT2D eigenvalue weighted by Crippen LogP contribution is 2.28. The summed E-state index contributed by atoms with van der Waals surface area (Å²) in [5.74, 6) is 1.35. The summed E-state index contributed by atoms with van der Waals surface area (Å²) in [5, 5.41) is 1.65. The number of benzene rings is 3. The highest BCUT2D eigenvalue weighted by molar-refractivity contribution is 6.30. The molecule has 0 bridgehead atoms. The molecule has 3 aromatic carbocycles. The van der Waals surface area contributed by atoms with E-state index >= 15 is 0 Å². The molecule has 0 unspecified atom stereocenters. The minimum atomic E-state index is -0.0596. The fourth-order valence-corrected chi connectivity index (χ4v) is 4.46. The summed E-state index contributed by atoms with van der Waals surface area (Å²) in [6.45, 7) is 1.05. The zero-order valence-electron chi connectivity index (χ0n) is 19.0. The van der Waals surface area contributed by atoms with Crippen molar-refractivity contribution in [1.29, 1.82) is 0 Å². The largest absolute Gasteiger partial charge is 0.493 e. The second-order valence-electron chi connectivity index (χ2n) is 8.11. The van der Waals surface area contributed by atoms with Gasteiger partial charge in [-0.2, -0.15) is 0 Å². The normalized spacial score (nSPS) is 11.3. The Balaban J connectivity index is 1.55.